The number of hydrogen-bond donors (Lipinski definition) is 2. The molecule has 0 saturated heterocycles. The van der Waals surface area contributed by atoms with Crippen LogP contribution in [0.1, 0.15) is 6.92 Å². The van der Waals surface area contributed by atoms with Gasteiger partial charge < -0.3 is 20.5 Å². The third kappa shape index (κ3) is 3.32. The summed E-state index contributed by atoms with van der Waals surface area (Å²) < 4.78 is 23.9. The lowest BCUT2D eigenvalue weighted by Crippen LogP contribution is -1.97. The number of nitrogen functional groups attached to an aromatic ring is 1. The van der Waals surface area contributed by atoms with Crippen molar-refractivity contribution in [2.75, 3.05) is 24.8 Å². The summed E-state index contributed by atoms with van der Waals surface area (Å²) in [5, 5.41) is 3.08. The number of hydrogen-bond acceptors (Lipinski definition) is 4. The summed E-state index contributed by atoms with van der Waals surface area (Å²) in [6, 6.07) is 9.96. The topological polar surface area (TPSA) is 56.5 Å². The Morgan fingerprint density at radius 1 is 1.15 bits per heavy atom. The predicted molar refractivity (Wildman–Crippen MR) is 78.3 cm³/mol. The summed E-state index contributed by atoms with van der Waals surface area (Å²) in [5.41, 5.74) is 7.72. The van der Waals surface area contributed by atoms with Crippen LogP contribution in [-0.2, 0) is 0 Å². The molecule has 0 radical (unpaired) electrons. The average molecular weight is 276 g/mol. The van der Waals surface area contributed by atoms with E-state index in [1.807, 2.05) is 13.0 Å². The Kier molecular flexibility index (Phi) is 4.30. The summed E-state index contributed by atoms with van der Waals surface area (Å²) in [4.78, 5) is 0. The summed E-state index contributed by atoms with van der Waals surface area (Å²) >= 11 is 0. The highest BCUT2D eigenvalue weighted by Crippen LogP contribution is 2.27. The van der Waals surface area contributed by atoms with Gasteiger partial charge in [0.15, 0.2) is 11.6 Å². The molecule has 5 heteroatoms. The molecular formula is C15H17FN2O2. The molecule has 4 nitrogen and oxygen atoms in total. The number of rotatable bonds is 5. The third-order valence-corrected chi connectivity index (χ3v) is 2.68. The molecule has 2 rings (SSSR count). The fraction of sp³-hybridized carbons (Fsp3) is 0.200. The monoisotopic (exact) mass is 276 g/mol. The molecular weight excluding hydrogens is 259 g/mol. The summed E-state index contributed by atoms with van der Waals surface area (Å²) in [5.74, 6) is 0.452. The van der Waals surface area contributed by atoms with E-state index in [1.165, 1.54) is 13.2 Å². The number of nitrogens with one attached hydrogen (secondary N) is 1. The third-order valence-electron chi connectivity index (χ3n) is 2.68. The molecule has 106 valence electrons. The lowest BCUT2D eigenvalue weighted by molar-refractivity contribution is 0.340. The van der Waals surface area contributed by atoms with Gasteiger partial charge in [-0.05, 0) is 25.1 Å². The molecule has 0 aliphatic carbocycles. The summed E-state index contributed by atoms with van der Waals surface area (Å²) in [6.07, 6.45) is 0. The van der Waals surface area contributed by atoms with E-state index >= 15 is 0 Å². The molecule has 0 aliphatic heterocycles. The first kappa shape index (κ1) is 14.0. The van der Waals surface area contributed by atoms with E-state index in [2.05, 4.69) is 5.32 Å². The molecule has 0 bridgehead atoms. The van der Waals surface area contributed by atoms with E-state index in [1.54, 1.807) is 24.3 Å². The van der Waals surface area contributed by atoms with Crippen LogP contribution < -0.4 is 20.5 Å². The first-order valence-electron chi connectivity index (χ1n) is 6.26. The fourth-order valence-corrected chi connectivity index (χ4v) is 1.86. The van der Waals surface area contributed by atoms with Crippen LogP contribution in [0.5, 0.6) is 11.5 Å². The number of nitrogens with two attached hydrogens (primary N) is 1. The van der Waals surface area contributed by atoms with Gasteiger partial charge in [0.1, 0.15) is 5.75 Å². The molecule has 2 aromatic rings. The highest BCUT2D eigenvalue weighted by molar-refractivity contribution is 5.66. The van der Waals surface area contributed by atoms with Gasteiger partial charge in [-0.25, -0.2) is 4.39 Å². The molecule has 0 aliphatic rings. The van der Waals surface area contributed by atoms with Crippen LogP contribution in [0.25, 0.3) is 0 Å². The molecule has 3 N–H and O–H groups in total. The van der Waals surface area contributed by atoms with Crippen molar-refractivity contribution < 1.29 is 13.9 Å². The van der Waals surface area contributed by atoms with Crippen LogP contribution in [0, 0.1) is 5.82 Å². The summed E-state index contributed by atoms with van der Waals surface area (Å²) in [7, 11) is 1.43. The maximum absolute atomic E-state index is 13.6. The van der Waals surface area contributed by atoms with Crippen molar-refractivity contribution in [3.8, 4) is 11.5 Å². The normalized spacial score (nSPS) is 10.2. The first-order valence-corrected chi connectivity index (χ1v) is 6.26. The largest absolute Gasteiger partial charge is 0.494 e. The average Bonchev–Trinajstić information content (AvgIpc) is 2.38. The number of benzene rings is 2. The van der Waals surface area contributed by atoms with Gasteiger partial charge in [0.2, 0.25) is 0 Å². The van der Waals surface area contributed by atoms with E-state index < -0.39 is 5.82 Å². The van der Waals surface area contributed by atoms with Gasteiger partial charge in [-0.1, -0.05) is 0 Å². The SMILES string of the molecule is CCOc1cc(N)cc(Nc2ccc(OC)c(F)c2)c1. The van der Waals surface area contributed by atoms with E-state index in [0.29, 0.717) is 23.7 Å². The van der Waals surface area contributed by atoms with Gasteiger partial charge in [0.05, 0.1) is 13.7 Å². The molecule has 20 heavy (non-hydrogen) atoms. The number of ether oxygens (including phenoxy) is 2. The molecule has 0 aromatic heterocycles. The molecule has 0 atom stereocenters. The van der Waals surface area contributed by atoms with Crippen molar-refractivity contribution in [2.24, 2.45) is 0 Å². The lowest BCUT2D eigenvalue weighted by Gasteiger charge is -2.11. The van der Waals surface area contributed by atoms with Crippen molar-refractivity contribution in [3.05, 3.63) is 42.2 Å². The van der Waals surface area contributed by atoms with E-state index in [9.17, 15) is 4.39 Å². The Bertz CT molecular complexity index is 602. The van der Waals surface area contributed by atoms with E-state index in [4.69, 9.17) is 15.2 Å². The fourth-order valence-electron chi connectivity index (χ4n) is 1.86. The zero-order chi connectivity index (χ0) is 14.5. The van der Waals surface area contributed by atoms with Crippen molar-refractivity contribution in [3.63, 3.8) is 0 Å². The zero-order valence-corrected chi connectivity index (χ0v) is 11.4. The quantitative estimate of drug-likeness (QED) is 0.820. The Balaban J connectivity index is 2.23. The van der Waals surface area contributed by atoms with Crippen LogP contribution in [0.2, 0.25) is 0 Å². The van der Waals surface area contributed by atoms with Crippen molar-refractivity contribution in [2.45, 2.75) is 6.92 Å². The minimum absolute atomic E-state index is 0.207. The Morgan fingerprint density at radius 3 is 2.60 bits per heavy atom. The van der Waals surface area contributed by atoms with Crippen molar-refractivity contribution in [1.29, 1.82) is 0 Å². The van der Waals surface area contributed by atoms with Crippen LogP contribution in [0.3, 0.4) is 0 Å². The Morgan fingerprint density at radius 2 is 1.95 bits per heavy atom. The maximum atomic E-state index is 13.6. The molecule has 2 aromatic carbocycles. The highest BCUT2D eigenvalue weighted by Gasteiger charge is 2.05. The first-order chi connectivity index (χ1) is 9.62. The van der Waals surface area contributed by atoms with Crippen LogP contribution in [0.15, 0.2) is 36.4 Å². The van der Waals surface area contributed by atoms with Crippen LogP contribution >= 0.6 is 0 Å². The van der Waals surface area contributed by atoms with Gasteiger partial charge in [-0.15, -0.1) is 0 Å². The molecule has 0 amide bonds. The minimum atomic E-state index is -0.425. The standard InChI is InChI=1S/C15H17FN2O2/c1-3-20-13-7-10(17)6-12(8-13)18-11-4-5-15(19-2)14(16)9-11/h4-9,18H,3,17H2,1-2H3. The van der Waals surface area contributed by atoms with Gasteiger partial charge in [-0.3, -0.25) is 0 Å². The van der Waals surface area contributed by atoms with Gasteiger partial charge >= 0.3 is 0 Å². The Hall–Kier alpha value is -2.43. The highest BCUT2D eigenvalue weighted by atomic mass is 19.1. The van der Waals surface area contributed by atoms with Gasteiger partial charge in [0.25, 0.3) is 0 Å². The predicted octanol–water partition coefficient (Wildman–Crippen LogP) is 3.56. The minimum Gasteiger partial charge on any atom is -0.494 e. The number of anilines is 3. The maximum Gasteiger partial charge on any atom is 0.167 e. The number of methoxy groups -OCH3 is 1. The number of halogens is 1. The van der Waals surface area contributed by atoms with Crippen molar-refractivity contribution in [1.82, 2.24) is 0 Å². The Labute approximate surface area is 117 Å². The van der Waals surface area contributed by atoms with Crippen LogP contribution in [0.4, 0.5) is 21.5 Å². The van der Waals surface area contributed by atoms with E-state index in [-0.39, 0.29) is 5.75 Å². The van der Waals surface area contributed by atoms with Gasteiger partial charge in [-0.2, -0.15) is 0 Å². The molecule has 0 fully saturated rings. The second-order valence-electron chi connectivity index (χ2n) is 4.20. The lowest BCUT2D eigenvalue weighted by atomic mass is 10.2. The van der Waals surface area contributed by atoms with Crippen LogP contribution in [-0.4, -0.2) is 13.7 Å². The zero-order valence-electron chi connectivity index (χ0n) is 11.4. The van der Waals surface area contributed by atoms with Crippen molar-refractivity contribution >= 4 is 17.1 Å². The second-order valence-corrected chi connectivity index (χ2v) is 4.20. The molecule has 0 saturated carbocycles. The van der Waals surface area contributed by atoms with E-state index in [0.717, 1.165) is 5.69 Å². The smallest absolute Gasteiger partial charge is 0.167 e. The summed E-state index contributed by atoms with van der Waals surface area (Å²) in [6.45, 7) is 2.45. The van der Waals surface area contributed by atoms with Gasteiger partial charge in [0, 0.05) is 35.3 Å². The second kappa shape index (κ2) is 6.14. The molecule has 0 heterocycles. The molecule has 0 spiro atoms. The molecule has 0 unspecified atom stereocenters.